The van der Waals surface area contributed by atoms with E-state index in [1.165, 1.54) is 0 Å². The molecule has 0 radical (unpaired) electrons. The van der Waals surface area contributed by atoms with Crippen molar-refractivity contribution in [1.29, 1.82) is 0 Å². The van der Waals surface area contributed by atoms with E-state index in [1.807, 2.05) is 72.3 Å². The second-order valence-electron chi connectivity index (χ2n) is 8.40. The maximum Gasteiger partial charge on any atom is 0.256 e. The van der Waals surface area contributed by atoms with Crippen LogP contribution in [0.1, 0.15) is 43.7 Å². The number of amides is 2. The van der Waals surface area contributed by atoms with Crippen LogP contribution in [-0.2, 0) is 20.9 Å². The summed E-state index contributed by atoms with van der Waals surface area (Å²) in [6.45, 7) is 3.16. The third kappa shape index (κ3) is 5.55. The fraction of sp³-hybridized carbons (Fsp3) is 0.333. The van der Waals surface area contributed by atoms with E-state index in [1.54, 1.807) is 0 Å². The summed E-state index contributed by atoms with van der Waals surface area (Å²) in [5.41, 5.74) is 4.17. The Labute approximate surface area is 199 Å². The van der Waals surface area contributed by atoms with E-state index in [0.717, 1.165) is 47.0 Å². The Morgan fingerprint density at radius 3 is 2.79 bits per heavy atom. The molecule has 1 unspecified atom stereocenters. The van der Waals surface area contributed by atoms with Gasteiger partial charge in [0.2, 0.25) is 5.91 Å². The molecule has 34 heavy (non-hydrogen) atoms. The number of nitrogens with one attached hydrogen (secondary N) is 2. The zero-order valence-corrected chi connectivity index (χ0v) is 19.4. The molecular formula is C27H31N3O4. The molecule has 0 saturated carbocycles. The minimum absolute atomic E-state index is 0.0572. The molecule has 7 nitrogen and oxygen atoms in total. The number of aliphatic hydroxyl groups excluding tert-OH is 1. The molecule has 0 bridgehead atoms. The first-order valence-corrected chi connectivity index (χ1v) is 11.8. The van der Waals surface area contributed by atoms with Gasteiger partial charge in [0.15, 0.2) is 6.29 Å². The normalized spacial score (nSPS) is 14.9. The van der Waals surface area contributed by atoms with Gasteiger partial charge in [0.05, 0.1) is 0 Å². The molecule has 2 aromatic carbocycles. The molecule has 3 N–H and O–H groups in total. The highest BCUT2D eigenvalue weighted by Crippen LogP contribution is 2.34. The number of para-hydroxylation sites is 2. The molecule has 1 aliphatic rings. The summed E-state index contributed by atoms with van der Waals surface area (Å²) in [5, 5.41) is 16.5. The van der Waals surface area contributed by atoms with E-state index in [0.29, 0.717) is 25.1 Å². The summed E-state index contributed by atoms with van der Waals surface area (Å²) in [6.07, 6.45) is 6.36. The molecule has 0 aliphatic carbocycles. The number of rotatable bonds is 11. The summed E-state index contributed by atoms with van der Waals surface area (Å²) in [7, 11) is 0. The lowest BCUT2D eigenvalue weighted by Gasteiger charge is -2.10. The van der Waals surface area contributed by atoms with Gasteiger partial charge in [0, 0.05) is 52.6 Å². The highest BCUT2D eigenvalue weighted by molar-refractivity contribution is 6.35. The largest absolute Gasteiger partial charge is 0.368 e. The van der Waals surface area contributed by atoms with Crippen molar-refractivity contribution in [3.05, 3.63) is 65.9 Å². The van der Waals surface area contributed by atoms with Gasteiger partial charge in [0.1, 0.15) is 6.54 Å². The van der Waals surface area contributed by atoms with E-state index in [2.05, 4.69) is 10.6 Å². The monoisotopic (exact) mass is 461 g/mol. The second kappa shape index (κ2) is 11.1. The highest BCUT2D eigenvalue weighted by atomic mass is 16.6. The number of aliphatic hydroxyl groups is 1. The fourth-order valence-electron chi connectivity index (χ4n) is 4.29. The van der Waals surface area contributed by atoms with E-state index in [-0.39, 0.29) is 18.4 Å². The molecule has 2 heterocycles. The standard InChI is InChI=1S/C27H31N3O4/c1-2-34-26(32)14-4-3-9-15-28-25(31)18-30-17-19(20-10-6-8-13-24(20)30)16-22-21-11-5-7-12-23(21)29-27(22)33/h5-8,10-13,16-17,26,32H,2-4,9,14-15,18H2,1H3,(H,28,31)(H,29,33)/b22-16-. The van der Waals surface area contributed by atoms with Crippen molar-refractivity contribution in [1.82, 2.24) is 9.88 Å². The number of nitrogens with zero attached hydrogens (tertiary/aromatic N) is 1. The average molecular weight is 462 g/mol. The van der Waals surface area contributed by atoms with Gasteiger partial charge in [-0.1, -0.05) is 42.8 Å². The Hall–Kier alpha value is -3.42. The third-order valence-electron chi connectivity index (χ3n) is 5.95. The number of fused-ring (bicyclic) bond motifs is 2. The summed E-state index contributed by atoms with van der Waals surface area (Å²) >= 11 is 0. The molecule has 1 aromatic heterocycles. The molecule has 1 atom stereocenters. The maximum absolute atomic E-state index is 12.6. The average Bonchev–Trinajstić information content (AvgIpc) is 3.34. The van der Waals surface area contributed by atoms with Gasteiger partial charge < -0.3 is 25.0 Å². The maximum atomic E-state index is 12.6. The molecule has 0 fully saturated rings. The minimum atomic E-state index is -0.699. The Morgan fingerprint density at radius 1 is 1.15 bits per heavy atom. The van der Waals surface area contributed by atoms with Crippen molar-refractivity contribution in [2.75, 3.05) is 18.5 Å². The lowest BCUT2D eigenvalue weighted by Crippen LogP contribution is -2.28. The first-order valence-electron chi connectivity index (χ1n) is 11.8. The Kier molecular flexibility index (Phi) is 7.77. The van der Waals surface area contributed by atoms with E-state index in [4.69, 9.17) is 4.74 Å². The van der Waals surface area contributed by atoms with Crippen molar-refractivity contribution >= 4 is 40.1 Å². The van der Waals surface area contributed by atoms with E-state index >= 15 is 0 Å². The van der Waals surface area contributed by atoms with Crippen LogP contribution in [0.3, 0.4) is 0 Å². The predicted molar refractivity (Wildman–Crippen MR) is 134 cm³/mol. The molecule has 3 aromatic rings. The number of hydrogen-bond donors (Lipinski definition) is 3. The molecule has 1 aliphatic heterocycles. The number of ether oxygens (including phenoxy) is 1. The summed E-state index contributed by atoms with van der Waals surface area (Å²) < 4.78 is 7.04. The van der Waals surface area contributed by atoms with Crippen LogP contribution in [0, 0.1) is 0 Å². The van der Waals surface area contributed by atoms with Crippen LogP contribution in [0.4, 0.5) is 5.69 Å². The number of carbonyl (C=O) groups is 2. The van der Waals surface area contributed by atoms with Crippen molar-refractivity contribution < 1.29 is 19.4 Å². The topological polar surface area (TPSA) is 92.6 Å². The van der Waals surface area contributed by atoms with Crippen LogP contribution >= 0.6 is 0 Å². The fourth-order valence-corrected chi connectivity index (χ4v) is 4.29. The van der Waals surface area contributed by atoms with Crippen LogP contribution < -0.4 is 10.6 Å². The molecule has 2 amide bonds. The zero-order valence-electron chi connectivity index (χ0n) is 19.4. The first kappa shape index (κ1) is 23.7. The van der Waals surface area contributed by atoms with Crippen molar-refractivity contribution in [3.63, 3.8) is 0 Å². The molecule has 0 spiro atoms. The number of unbranched alkanes of at least 4 members (excludes halogenated alkanes) is 2. The molecule has 4 rings (SSSR count). The summed E-state index contributed by atoms with van der Waals surface area (Å²) in [6, 6.07) is 15.5. The van der Waals surface area contributed by atoms with E-state index < -0.39 is 6.29 Å². The van der Waals surface area contributed by atoms with Crippen LogP contribution in [0.5, 0.6) is 0 Å². The van der Waals surface area contributed by atoms with Gasteiger partial charge in [0.25, 0.3) is 5.91 Å². The number of benzene rings is 2. The Bertz CT molecular complexity index is 1200. The van der Waals surface area contributed by atoms with Gasteiger partial charge in [-0.05, 0) is 44.4 Å². The van der Waals surface area contributed by atoms with Gasteiger partial charge in [-0.2, -0.15) is 0 Å². The SMILES string of the molecule is CCOC(O)CCCCCNC(=O)Cn1cc(/C=C2\C(=O)Nc3ccccc32)c2ccccc21. The van der Waals surface area contributed by atoms with Crippen LogP contribution in [0.15, 0.2) is 54.7 Å². The lowest BCUT2D eigenvalue weighted by molar-refractivity contribution is -0.121. The third-order valence-corrected chi connectivity index (χ3v) is 5.95. The van der Waals surface area contributed by atoms with Gasteiger partial charge in [-0.15, -0.1) is 0 Å². The van der Waals surface area contributed by atoms with Crippen LogP contribution in [0.2, 0.25) is 0 Å². The molecule has 7 heteroatoms. The molecule has 0 saturated heterocycles. The molecule has 178 valence electrons. The van der Waals surface area contributed by atoms with Crippen molar-refractivity contribution in [2.24, 2.45) is 0 Å². The predicted octanol–water partition coefficient (Wildman–Crippen LogP) is 4.17. The van der Waals surface area contributed by atoms with Crippen molar-refractivity contribution in [2.45, 2.75) is 45.4 Å². The smallest absolute Gasteiger partial charge is 0.256 e. The van der Waals surface area contributed by atoms with Crippen molar-refractivity contribution in [3.8, 4) is 0 Å². The number of carbonyl (C=O) groups excluding carboxylic acids is 2. The van der Waals surface area contributed by atoms with Crippen LogP contribution in [-0.4, -0.2) is 40.9 Å². The second-order valence-corrected chi connectivity index (χ2v) is 8.40. The zero-order chi connectivity index (χ0) is 23.9. The minimum Gasteiger partial charge on any atom is -0.368 e. The highest BCUT2D eigenvalue weighted by Gasteiger charge is 2.24. The van der Waals surface area contributed by atoms with Gasteiger partial charge >= 0.3 is 0 Å². The van der Waals surface area contributed by atoms with Gasteiger partial charge in [-0.25, -0.2) is 0 Å². The molecular weight excluding hydrogens is 430 g/mol. The lowest BCUT2D eigenvalue weighted by atomic mass is 10.0. The first-order chi connectivity index (χ1) is 16.6. The van der Waals surface area contributed by atoms with E-state index in [9.17, 15) is 14.7 Å². The number of aromatic nitrogens is 1. The number of hydrogen-bond acceptors (Lipinski definition) is 4. The van der Waals surface area contributed by atoms with Gasteiger partial charge in [-0.3, -0.25) is 9.59 Å². The summed E-state index contributed by atoms with van der Waals surface area (Å²) in [4.78, 5) is 25.1. The summed E-state index contributed by atoms with van der Waals surface area (Å²) in [5.74, 6) is -0.178. The quantitative estimate of drug-likeness (QED) is 0.227. The van der Waals surface area contributed by atoms with Crippen LogP contribution in [0.25, 0.3) is 22.6 Å². The Balaban J connectivity index is 1.40. The number of anilines is 1. The Morgan fingerprint density at radius 2 is 1.94 bits per heavy atom.